The number of rotatable bonds is 2. The normalized spacial score (nSPS) is 44.8. The molecule has 1 aliphatic heterocycles. The Hall–Kier alpha value is -0.890. The second kappa shape index (κ2) is 6.58. The monoisotopic (exact) mass is 367 g/mol. The number of allylic oxidation sites excluding steroid dienone is 3. The first-order valence-electron chi connectivity index (χ1n) is 11.6. The minimum Gasteiger partial charge on any atom is -0.299 e. The Morgan fingerprint density at radius 3 is 2.63 bits per heavy atom. The van der Waals surface area contributed by atoms with Gasteiger partial charge in [0.2, 0.25) is 0 Å². The highest BCUT2D eigenvalue weighted by atomic mass is 16.1. The van der Waals surface area contributed by atoms with E-state index in [0.717, 1.165) is 37.0 Å². The first kappa shape index (κ1) is 18.2. The molecule has 0 aromatic heterocycles. The number of carbonyl (C=O) groups is 1. The molecule has 0 spiro atoms. The molecule has 2 saturated carbocycles. The van der Waals surface area contributed by atoms with Gasteiger partial charge in [-0.05, 0) is 86.6 Å². The van der Waals surface area contributed by atoms with Crippen LogP contribution in [0.5, 0.6) is 0 Å². The average molecular weight is 368 g/mol. The van der Waals surface area contributed by atoms with Gasteiger partial charge in [-0.15, -0.1) is 0 Å². The van der Waals surface area contributed by atoms with Crippen LogP contribution in [0.3, 0.4) is 0 Å². The summed E-state index contributed by atoms with van der Waals surface area (Å²) in [5.41, 5.74) is 4.02. The Balaban J connectivity index is 1.37. The molecule has 0 aromatic carbocycles. The fourth-order valence-electron chi connectivity index (χ4n) is 7.74. The number of Topliss-reactive ketones (excluding diaryl/α,β-unsaturated/α-hetero) is 1. The van der Waals surface area contributed by atoms with Crippen LogP contribution in [0.25, 0.3) is 0 Å². The Labute approximate surface area is 165 Å². The number of nitrogens with zero attached hydrogens (tertiary/aromatic N) is 1. The van der Waals surface area contributed by atoms with Crippen molar-refractivity contribution in [2.24, 2.45) is 28.6 Å². The summed E-state index contributed by atoms with van der Waals surface area (Å²) in [6.07, 6.45) is 17.3. The summed E-state index contributed by atoms with van der Waals surface area (Å²) in [4.78, 5) is 14.8. The Kier molecular flexibility index (Phi) is 4.42. The van der Waals surface area contributed by atoms with Gasteiger partial charge in [0, 0.05) is 19.4 Å². The lowest BCUT2D eigenvalue weighted by atomic mass is 9.47. The third-order valence-corrected chi connectivity index (χ3v) is 9.52. The van der Waals surface area contributed by atoms with Crippen LogP contribution in [0.4, 0.5) is 0 Å². The van der Waals surface area contributed by atoms with Crippen molar-refractivity contribution < 1.29 is 4.79 Å². The largest absolute Gasteiger partial charge is 0.299 e. The molecule has 0 amide bonds. The molecule has 0 N–H and O–H groups in total. The molecular weight excluding hydrogens is 330 g/mol. The van der Waals surface area contributed by atoms with Crippen molar-refractivity contribution >= 4 is 5.78 Å². The summed E-state index contributed by atoms with van der Waals surface area (Å²) in [5.74, 6) is 2.96. The molecule has 0 bridgehead atoms. The van der Waals surface area contributed by atoms with Gasteiger partial charge in [-0.1, -0.05) is 43.6 Å². The van der Waals surface area contributed by atoms with Gasteiger partial charge in [0.25, 0.3) is 0 Å². The number of hydrogen-bond donors (Lipinski definition) is 0. The molecule has 148 valence electrons. The van der Waals surface area contributed by atoms with E-state index >= 15 is 0 Å². The van der Waals surface area contributed by atoms with E-state index in [1.807, 2.05) is 0 Å². The van der Waals surface area contributed by atoms with E-state index in [9.17, 15) is 4.79 Å². The number of ketones is 1. The average Bonchev–Trinajstić information content (AvgIpc) is 3.00. The number of hydrogen-bond acceptors (Lipinski definition) is 2. The van der Waals surface area contributed by atoms with Gasteiger partial charge < -0.3 is 0 Å². The molecule has 1 heterocycles. The smallest absolute Gasteiger partial charge is 0.136 e. The molecule has 2 heteroatoms. The van der Waals surface area contributed by atoms with Crippen LogP contribution in [0.1, 0.15) is 78.1 Å². The fraction of sp³-hybridized carbons (Fsp3) is 0.800. The predicted molar refractivity (Wildman–Crippen MR) is 110 cm³/mol. The van der Waals surface area contributed by atoms with Crippen molar-refractivity contribution in [3.05, 3.63) is 23.3 Å². The van der Waals surface area contributed by atoms with Crippen LogP contribution in [0.2, 0.25) is 0 Å². The molecule has 2 nitrogen and oxygen atoms in total. The maximum atomic E-state index is 12.0. The van der Waals surface area contributed by atoms with E-state index in [0.29, 0.717) is 16.6 Å². The van der Waals surface area contributed by atoms with Crippen LogP contribution < -0.4 is 0 Å². The van der Waals surface area contributed by atoms with Crippen molar-refractivity contribution in [2.45, 2.75) is 78.1 Å². The molecule has 0 unspecified atom stereocenters. The third kappa shape index (κ3) is 2.81. The molecule has 3 fully saturated rings. The topological polar surface area (TPSA) is 20.3 Å². The third-order valence-electron chi connectivity index (χ3n) is 9.52. The number of carbonyl (C=O) groups excluding carboxylic acids is 1. The maximum Gasteiger partial charge on any atom is 0.136 e. The van der Waals surface area contributed by atoms with Gasteiger partial charge in [-0.3, -0.25) is 9.69 Å². The molecule has 5 rings (SSSR count). The van der Waals surface area contributed by atoms with Crippen LogP contribution in [0.15, 0.2) is 23.3 Å². The summed E-state index contributed by atoms with van der Waals surface area (Å²) in [7, 11) is 0. The lowest BCUT2D eigenvalue weighted by molar-refractivity contribution is -0.122. The number of fused-ring (bicyclic) bond motifs is 5. The van der Waals surface area contributed by atoms with E-state index in [2.05, 4.69) is 30.9 Å². The minimum atomic E-state index is 0.313. The summed E-state index contributed by atoms with van der Waals surface area (Å²) in [5, 5.41) is 0. The maximum absolute atomic E-state index is 12.0. The highest BCUT2D eigenvalue weighted by Gasteiger charge is 2.56. The van der Waals surface area contributed by atoms with Crippen LogP contribution in [-0.2, 0) is 4.79 Å². The standard InChI is InChI=1S/C25H37NO/c1-24-12-10-20(27)16-18(24)6-8-21-22-9-7-19(17-26-14-4-3-5-15-26)25(22,2)13-11-23(21)24/h6-7,21-23H,3-5,8-17H2,1-2H3/t21-,22-,23-,24-,25+/m0/s1. The number of piperidine rings is 1. The van der Waals surface area contributed by atoms with Gasteiger partial charge >= 0.3 is 0 Å². The quantitative estimate of drug-likeness (QED) is 0.597. The second-order valence-electron chi connectivity index (χ2n) is 10.7. The first-order chi connectivity index (χ1) is 13.0. The molecule has 5 aliphatic rings. The lowest BCUT2D eigenvalue weighted by Crippen LogP contribution is -2.50. The predicted octanol–water partition coefficient (Wildman–Crippen LogP) is 5.54. The lowest BCUT2D eigenvalue weighted by Gasteiger charge is -2.57. The molecule has 0 radical (unpaired) electrons. The van der Waals surface area contributed by atoms with E-state index in [1.165, 1.54) is 70.2 Å². The second-order valence-corrected chi connectivity index (χ2v) is 10.7. The molecule has 5 atom stereocenters. The van der Waals surface area contributed by atoms with Crippen LogP contribution >= 0.6 is 0 Å². The highest BCUT2D eigenvalue weighted by Crippen LogP contribution is 2.64. The van der Waals surface area contributed by atoms with E-state index in [1.54, 1.807) is 5.57 Å². The SMILES string of the molecule is C[C@]12CCC(=O)CC1=CC[C@@H]1[C@@H]2CC[C@]2(C)C(CN3CCCCC3)=CC[C@@H]12. The molecule has 4 aliphatic carbocycles. The minimum absolute atomic E-state index is 0.313. The van der Waals surface area contributed by atoms with Crippen molar-refractivity contribution in [3.8, 4) is 0 Å². The van der Waals surface area contributed by atoms with Crippen LogP contribution in [-0.4, -0.2) is 30.3 Å². The van der Waals surface area contributed by atoms with E-state index in [4.69, 9.17) is 0 Å². The van der Waals surface area contributed by atoms with Crippen molar-refractivity contribution in [3.63, 3.8) is 0 Å². The molecule has 1 saturated heterocycles. The summed E-state index contributed by atoms with van der Waals surface area (Å²) < 4.78 is 0. The Morgan fingerprint density at radius 2 is 1.81 bits per heavy atom. The van der Waals surface area contributed by atoms with Crippen molar-refractivity contribution in [1.82, 2.24) is 4.90 Å². The van der Waals surface area contributed by atoms with E-state index < -0.39 is 0 Å². The molecule has 27 heavy (non-hydrogen) atoms. The van der Waals surface area contributed by atoms with Crippen molar-refractivity contribution in [1.29, 1.82) is 0 Å². The van der Waals surface area contributed by atoms with Gasteiger partial charge in [-0.25, -0.2) is 0 Å². The summed E-state index contributed by atoms with van der Waals surface area (Å²) in [6, 6.07) is 0. The zero-order valence-electron chi connectivity index (χ0n) is 17.4. The van der Waals surface area contributed by atoms with Crippen molar-refractivity contribution in [2.75, 3.05) is 19.6 Å². The zero-order chi connectivity index (χ0) is 18.6. The van der Waals surface area contributed by atoms with Gasteiger partial charge in [0.1, 0.15) is 5.78 Å². The first-order valence-corrected chi connectivity index (χ1v) is 11.6. The molecule has 0 aromatic rings. The summed E-state index contributed by atoms with van der Waals surface area (Å²) >= 11 is 0. The van der Waals surface area contributed by atoms with E-state index in [-0.39, 0.29) is 0 Å². The Bertz CT molecular complexity index is 684. The Morgan fingerprint density at radius 1 is 1.00 bits per heavy atom. The zero-order valence-corrected chi connectivity index (χ0v) is 17.4. The van der Waals surface area contributed by atoms with Gasteiger partial charge in [0.05, 0.1) is 0 Å². The van der Waals surface area contributed by atoms with Crippen LogP contribution in [0, 0.1) is 28.6 Å². The fourth-order valence-corrected chi connectivity index (χ4v) is 7.74. The summed E-state index contributed by atoms with van der Waals surface area (Å²) in [6.45, 7) is 8.95. The van der Waals surface area contributed by atoms with Gasteiger partial charge in [-0.2, -0.15) is 0 Å². The number of likely N-dealkylation sites (tertiary alicyclic amines) is 1. The van der Waals surface area contributed by atoms with Gasteiger partial charge in [0.15, 0.2) is 0 Å². The molecular formula is C25H37NO. The highest BCUT2D eigenvalue weighted by molar-refractivity contribution is 5.82.